The number of benzene rings is 1. The van der Waals surface area contributed by atoms with E-state index in [-0.39, 0.29) is 23.6 Å². The molecule has 1 aromatic carbocycles. The summed E-state index contributed by atoms with van der Waals surface area (Å²) < 4.78 is 4.67. The fourth-order valence-electron chi connectivity index (χ4n) is 3.87. The number of para-hydroxylation sites is 1. The van der Waals surface area contributed by atoms with Gasteiger partial charge in [0, 0.05) is 19.3 Å². The Balaban J connectivity index is 0.00000218. The Bertz CT molecular complexity index is 767. The SMILES string of the molecule is CC.CC#CCCC(=O)/C=C/C1CCC[C@@H]1c1cccc(CCCC(=O)OC)c1O. The predicted molar refractivity (Wildman–Crippen MR) is 121 cm³/mol. The van der Waals surface area contributed by atoms with Crippen molar-refractivity contribution in [2.24, 2.45) is 5.92 Å². The predicted octanol–water partition coefficient (Wildman–Crippen LogP) is 5.73. The molecule has 1 unspecified atom stereocenters. The van der Waals surface area contributed by atoms with Gasteiger partial charge in [0.15, 0.2) is 5.78 Å². The van der Waals surface area contributed by atoms with Crippen LogP contribution in [-0.2, 0) is 20.7 Å². The summed E-state index contributed by atoms with van der Waals surface area (Å²) in [7, 11) is 1.39. The summed E-state index contributed by atoms with van der Waals surface area (Å²) in [6.45, 7) is 5.78. The average molecular weight is 413 g/mol. The lowest BCUT2D eigenvalue weighted by atomic mass is 9.86. The third kappa shape index (κ3) is 8.06. The van der Waals surface area contributed by atoms with Crippen LogP contribution in [0.3, 0.4) is 0 Å². The summed E-state index contributed by atoms with van der Waals surface area (Å²) in [5.74, 6) is 6.42. The van der Waals surface area contributed by atoms with Crippen molar-refractivity contribution in [3.8, 4) is 17.6 Å². The first-order valence-electron chi connectivity index (χ1n) is 11.0. The molecule has 2 rings (SSSR count). The number of esters is 1. The summed E-state index contributed by atoms with van der Waals surface area (Å²) in [5.41, 5.74) is 1.82. The Labute approximate surface area is 181 Å². The molecule has 1 aliphatic carbocycles. The van der Waals surface area contributed by atoms with E-state index in [1.807, 2.05) is 38.1 Å². The van der Waals surface area contributed by atoms with Crippen molar-refractivity contribution in [3.05, 3.63) is 41.5 Å². The smallest absolute Gasteiger partial charge is 0.305 e. The van der Waals surface area contributed by atoms with Gasteiger partial charge < -0.3 is 9.84 Å². The highest BCUT2D eigenvalue weighted by Crippen LogP contribution is 2.44. The van der Waals surface area contributed by atoms with Crippen LogP contribution in [0.2, 0.25) is 0 Å². The van der Waals surface area contributed by atoms with Crippen LogP contribution in [0.5, 0.6) is 5.75 Å². The molecule has 0 bridgehead atoms. The summed E-state index contributed by atoms with van der Waals surface area (Å²) in [4.78, 5) is 23.3. The zero-order chi connectivity index (χ0) is 22.4. The quantitative estimate of drug-likeness (QED) is 0.320. The highest BCUT2D eigenvalue weighted by molar-refractivity contribution is 5.89. The van der Waals surface area contributed by atoms with Crippen LogP contribution in [0.25, 0.3) is 0 Å². The number of hydrogen-bond donors (Lipinski definition) is 1. The first-order valence-corrected chi connectivity index (χ1v) is 11.0. The van der Waals surface area contributed by atoms with Crippen molar-refractivity contribution in [1.29, 1.82) is 0 Å². The molecule has 4 nitrogen and oxygen atoms in total. The summed E-state index contributed by atoms with van der Waals surface area (Å²) in [5, 5.41) is 10.8. The number of aromatic hydroxyl groups is 1. The van der Waals surface area contributed by atoms with Crippen molar-refractivity contribution in [2.45, 2.75) is 78.1 Å². The maximum atomic E-state index is 12.0. The molecule has 0 spiro atoms. The van der Waals surface area contributed by atoms with Crippen LogP contribution in [0.4, 0.5) is 0 Å². The topological polar surface area (TPSA) is 63.6 Å². The van der Waals surface area contributed by atoms with Gasteiger partial charge in [-0.2, -0.15) is 0 Å². The molecule has 1 aliphatic rings. The van der Waals surface area contributed by atoms with E-state index < -0.39 is 0 Å². The third-order valence-electron chi connectivity index (χ3n) is 5.38. The standard InChI is InChI=1S/C24H30O4.C2H6/c1-3-4-5-12-20(25)17-16-18-9-6-13-21(18)22-14-7-10-19(24(22)27)11-8-15-23(26)28-2;1-2/h7,10,14,16-18,21,27H,5-6,8-9,11-13,15H2,1-2H3;1-2H3/b17-16+;/t18?,21-;/m0./s1. The Morgan fingerprint density at radius 1 is 1.23 bits per heavy atom. The van der Waals surface area contributed by atoms with Gasteiger partial charge in [0.05, 0.1) is 7.11 Å². The molecule has 30 heavy (non-hydrogen) atoms. The van der Waals surface area contributed by atoms with E-state index in [4.69, 9.17) is 0 Å². The zero-order valence-corrected chi connectivity index (χ0v) is 18.9. The van der Waals surface area contributed by atoms with Gasteiger partial charge in [-0.1, -0.05) is 44.5 Å². The van der Waals surface area contributed by atoms with Gasteiger partial charge in [-0.05, 0) is 61.6 Å². The molecule has 4 heteroatoms. The van der Waals surface area contributed by atoms with Crippen LogP contribution in [0.15, 0.2) is 30.4 Å². The van der Waals surface area contributed by atoms with Crippen molar-refractivity contribution in [2.75, 3.05) is 7.11 Å². The van der Waals surface area contributed by atoms with E-state index in [9.17, 15) is 14.7 Å². The first-order chi connectivity index (χ1) is 14.6. The van der Waals surface area contributed by atoms with E-state index in [1.165, 1.54) is 7.11 Å². The van der Waals surface area contributed by atoms with E-state index >= 15 is 0 Å². The van der Waals surface area contributed by atoms with Crippen molar-refractivity contribution < 1.29 is 19.4 Å². The lowest BCUT2D eigenvalue weighted by molar-refractivity contribution is -0.140. The Morgan fingerprint density at radius 3 is 2.70 bits per heavy atom. The number of carbonyl (C=O) groups is 2. The molecule has 0 amide bonds. The number of phenols is 1. The second-order valence-corrected chi connectivity index (χ2v) is 7.24. The number of methoxy groups -OCH3 is 1. The lowest BCUT2D eigenvalue weighted by Crippen LogP contribution is -2.06. The minimum Gasteiger partial charge on any atom is -0.507 e. The fourth-order valence-corrected chi connectivity index (χ4v) is 3.87. The molecule has 2 atom stereocenters. The van der Waals surface area contributed by atoms with E-state index in [2.05, 4.69) is 16.6 Å². The number of rotatable bonds is 9. The number of ketones is 1. The molecule has 0 radical (unpaired) electrons. The van der Waals surface area contributed by atoms with Gasteiger partial charge in [0.1, 0.15) is 5.75 Å². The monoisotopic (exact) mass is 412 g/mol. The molecule has 1 fully saturated rings. The van der Waals surface area contributed by atoms with Gasteiger partial charge in [-0.3, -0.25) is 9.59 Å². The van der Waals surface area contributed by atoms with Gasteiger partial charge in [0.25, 0.3) is 0 Å². The van der Waals surface area contributed by atoms with Crippen LogP contribution >= 0.6 is 0 Å². The molecule has 0 saturated heterocycles. The van der Waals surface area contributed by atoms with E-state index in [1.54, 1.807) is 13.0 Å². The number of carbonyl (C=O) groups excluding carboxylic acids is 2. The van der Waals surface area contributed by atoms with Gasteiger partial charge in [-0.15, -0.1) is 11.8 Å². The fraction of sp³-hybridized carbons (Fsp3) is 0.538. The number of hydrogen-bond acceptors (Lipinski definition) is 4. The van der Waals surface area contributed by atoms with E-state index in [0.29, 0.717) is 37.9 Å². The normalized spacial score (nSPS) is 17.6. The van der Waals surface area contributed by atoms with Crippen molar-refractivity contribution in [3.63, 3.8) is 0 Å². The highest BCUT2D eigenvalue weighted by Gasteiger charge is 2.29. The lowest BCUT2D eigenvalue weighted by Gasteiger charge is -2.20. The Hall–Kier alpha value is -2.54. The molecule has 1 saturated carbocycles. The minimum atomic E-state index is -0.230. The zero-order valence-electron chi connectivity index (χ0n) is 18.9. The molecule has 0 heterocycles. The maximum absolute atomic E-state index is 12.0. The molecule has 0 aliphatic heterocycles. The summed E-state index contributed by atoms with van der Waals surface area (Å²) in [6.07, 6.45) is 9.50. The second kappa shape index (κ2) is 14.4. The van der Waals surface area contributed by atoms with Crippen LogP contribution in [0.1, 0.15) is 82.8 Å². The van der Waals surface area contributed by atoms with Gasteiger partial charge >= 0.3 is 5.97 Å². The Morgan fingerprint density at radius 2 is 2.00 bits per heavy atom. The molecule has 0 aromatic heterocycles. The summed E-state index contributed by atoms with van der Waals surface area (Å²) in [6, 6.07) is 5.86. The van der Waals surface area contributed by atoms with Gasteiger partial charge in [-0.25, -0.2) is 0 Å². The molecular weight excluding hydrogens is 376 g/mol. The van der Waals surface area contributed by atoms with Gasteiger partial charge in [0.2, 0.25) is 0 Å². The third-order valence-corrected chi connectivity index (χ3v) is 5.38. The van der Waals surface area contributed by atoms with Crippen LogP contribution in [-0.4, -0.2) is 24.0 Å². The second-order valence-electron chi connectivity index (χ2n) is 7.24. The van der Waals surface area contributed by atoms with Crippen molar-refractivity contribution >= 4 is 11.8 Å². The Kier molecular flexibility index (Phi) is 12.3. The number of ether oxygens (including phenoxy) is 1. The first kappa shape index (κ1) is 25.5. The van der Waals surface area contributed by atoms with E-state index in [0.717, 1.165) is 30.4 Å². The number of allylic oxidation sites excluding steroid dienone is 2. The molecule has 1 aromatic rings. The average Bonchev–Trinajstić information content (AvgIpc) is 3.23. The number of phenolic OH excluding ortho intramolecular Hbond substituents is 1. The highest BCUT2D eigenvalue weighted by atomic mass is 16.5. The van der Waals surface area contributed by atoms with Crippen molar-refractivity contribution in [1.82, 2.24) is 0 Å². The molecule has 164 valence electrons. The van der Waals surface area contributed by atoms with Crippen LogP contribution in [0, 0.1) is 17.8 Å². The van der Waals surface area contributed by atoms with Crippen LogP contribution < -0.4 is 0 Å². The maximum Gasteiger partial charge on any atom is 0.305 e. The minimum absolute atomic E-state index is 0.106. The molecule has 1 N–H and O–H groups in total. The largest absolute Gasteiger partial charge is 0.507 e. The number of aryl methyl sites for hydroxylation is 1. The molecular formula is C26H36O4. The summed E-state index contributed by atoms with van der Waals surface area (Å²) >= 11 is 0.